The minimum atomic E-state index is -0.299. The second-order valence-electron chi connectivity index (χ2n) is 5.87. The van der Waals surface area contributed by atoms with Crippen molar-refractivity contribution in [1.29, 1.82) is 0 Å². The lowest BCUT2D eigenvalue weighted by atomic mass is 10.1. The topological polar surface area (TPSA) is 76.1 Å². The van der Waals surface area contributed by atoms with Crippen LogP contribution in [-0.2, 0) is 0 Å². The fraction of sp³-hybridized carbons (Fsp3) is 0.150. The first kappa shape index (κ1) is 17.4. The first-order chi connectivity index (χ1) is 12.6. The van der Waals surface area contributed by atoms with Crippen LogP contribution in [0, 0.1) is 13.8 Å². The second-order valence-corrected chi connectivity index (χ2v) is 5.87. The number of para-hydroxylation sites is 2. The van der Waals surface area contributed by atoms with Gasteiger partial charge in [-0.2, -0.15) is 0 Å². The molecule has 1 aromatic heterocycles. The average Bonchev–Trinajstić information content (AvgIpc) is 2.66. The summed E-state index contributed by atoms with van der Waals surface area (Å²) in [6, 6.07) is 13.2. The molecule has 0 bridgehead atoms. The maximum absolute atomic E-state index is 12.4. The Morgan fingerprint density at radius 2 is 1.73 bits per heavy atom. The Morgan fingerprint density at radius 1 is 1.00 bits per heavy atom. The third-order valence-corrected chi connectivity index (χ3v) is 4.03. The van der Waals surface area contributed by atoms with Gasteiger partial charge in [0, 0.05) is 18.1 Å². The number of hydrogen-bond acceptors (Lipinski definition) is 5. The van der Waals surface area contributed by atoms with E-state index in [2.05, 4.69) is 27.5 Å². The number of nitrogens with one attached hydrogen (secondary N) is 2. The van der Waals surface area contributed by atoms with E-state index in [1.54, 1.807) is 19.2 Å². The number of hydrogen-bond donors (Lipinski definition) is 2. The first-order valence-corrected chi connectivity index (χ1v) is 8.17. The van der Waals surface area contributed by atoms with Gasteiger partial charge in [-0.3, -0.25) is 4.79 Å². The molecule has 0 atom stereocenters. The first-order valence-electron chi connectivity index (χ1n) is 8.17. The summed E-state index contributed by atoms with van der Waals surface area (Å²) >= 11 is 0. The van der Waals surface area contributed by atoms with Crippen LogP contribution in [0.15, 0.2) is 54.9 Å². The molecule has 26 heavy (non-hydrogen) atoms. The van der Waals surface area contributed by atoms with Gasteiger partial charge in [0.1, 0.15) is 5.75 Å². The number of anilines is 3. The molecule has 3 rings (SSSR count). The molecule has 2 N–H and O–H groups in total. The van der Waals surface area contributed by atoms with Gasteiger partial charge in [-0.25, -0.2) is 9.97 Å². The van der Waals surface area contributed by atoms with Gasteiger partial charge in [0.25, 0.3) is 5.91 Å². The van der Waals surface area contributed by atoms with Gasteiger partial charge in [-0.15, -0.1) is 0 Å². The number of nitrogens with zero attached hydrogens (tertiary/aromatic N) is 2. The van der Waals surface area contributed by atoms with Crippen molar-refractivity contribution in [2.24, 2.45) is 0 Å². The van der Waals surface area contributed by atoms with Crippen LogP contribution in [0.25, 0.3) is 0 Å². The zero-order valence-corrected chi connectivity index (χ0v) is 14.9. The number of methoxy groups -OCH3 is 1. The monoisotopic (exact) mass is 348 g/mol. The molecule has 6 nitrogen and oxygen atoms in total. The normalized spacial score (nSPS) is 10.3. The predicted molar refractivity (Wildman–Crippen MR) is 102 cm³/mol. The van der Waals surface area contributed by atoms with Crippen molar-refractivity contribution in [3.05, 3.63) is 71.5 Å². The van der Waals surface area contributed by atoms with E-state index in [0.717, 1.165) is 5.69 Å². The molecule has 0 unspecified atom stereocenters. The molecule has 0 aliphatic rings. The highest BCUT2D eigenvalue weighted by Crippen LogP contribution is 2.23. The lowest BCUT2D eigenvalue weighted by Crippen LogP contribution is -2.13. The van der Waals surface area contributed by atoms with Gasteiger partial charge < -0.3 is 15.4 Å². The molecule has 0 aliphatic carbocycles. The van der Waals surface area contributed by atoms with E-state index >= 15 is 0 Å². The molecule has 0 fully saturated rings. The molecule has 0 saturated carbocycles. The van der Waals surface area contributed by atoms with Crippen LogP contribution in [-0.4, -0.2) is 23.0 Å². The van der Waals surface area contributed by atoms with Crippen LogP contribution in [0.2, 0.25) is 0 Å². The van der Waals surface area contributed by atoms with Crippen LogP contribution in [0.5, 0.6) is 5.75 Å². The van der Waals surface area contributed by atoms with E-state index in [-0.39, 0.29) is 5.91 Å². The lowest BCUT2D eigenvalue weighted by molar-refractivity contribution is 0.102. The van der Waals surface area contributed by atoms with Crippen LogP contribution < -0.4 is 15.4 Å². The summed E-state index contributed by atoms with van der Waals surface area (Å²) in [4.78, 5) is 20.8. The van der Waals surface area contributed by atoms with Crippen molar-refractivity contribution in [1.82, 2.24) is 9.97 Å². The molecule has 3 aromatic rings. The van der Waals surface area contributed by atoms with E-state index in [4.69, 9.17) is 4.74 Å². The van der Waals surface area contributed by atoms with E-state index in [1.807, 2.05) is 37.3 Å². The molecule has 1 amide bonds. The lowest BCUT2D eigenvalue weighted by Gasteiger charge is -2.10. The number of ether oxygens (including phenoxy) is 1. The summed E-state index contributed by atoms with van der Waals surface area (Å²) in [7, 11) is 1.56. The van der Waals surface area contributed by atoms with Gasteiger partial charge in [0.2, 0.25) is 5.95 Å². The Bertz CT molecular complexity index is 923. The minimum Gasteiger partial charge on any atom is -0.495 e. The Morgan fingerprint density at radius 3 is 2.42 bits per heavy atom. The Labute approximate surface area is 152 Å². The fourth-order valence-corrected chi connectivity index (χ4v) is 2.40. The summed E-state index contributed by atoms with van der Waals surface area (Å²) in [6.07, 6.45) is 2.97. The third kappa shape index (κ3) is 3.97. The highest BCUT2D eigenvalue weighted by molar-refractivity contribution is 6.04. The minimum absolute atomic E-state index is 0.299. The van der Waals surface area contributed by atoms with Gasteiger partial charge in [0.05, 0.1) is 18.4 Å². The van der Waals surface area contributed by atoms with E-state index in [0.29, 0.717) is 22.9 Å². The molecule has 0 radical (unpaired) electrons. The van der Waals surface area contributed by atoms with Crippen LogP contribution in [0.3, 0.4) is 0 Å². The maximum Gasteiger partial charge on any atom is 0.258 e. The Kier molecular flexibility index (Phi) is 5.12. The molecule has 0 aliphatic heterocycles. The molecule has 132 valence electrons. The molecular weight excluding hydrogens is 328 g/mol. The van der Waals surface area contributed by atoms with Gasteiger partial charge >= 0.3 is 0 Å². The number of benzene rings is 2. The summed E-state index contributed by atoms with van der Waals surface area (Å²) in [5.41, 5.74) is 4.26. The van der Waals surface area contributed by atoms with E-state index < -0.39 is 0 Å². The molecular formula is C20H20N4O2. The molecule has 0 spiro atoms. The van der Waals surface area contributed by atoms with Crippen LogP contribution in [0.4, 0.5) is 17.3 Å². The predicted octanol–water partition coefficient (Wildman–Crippen LogP) is 4.10. The standard InChI is InChI=1S/C20H20N4O2/c1-13-8-9-16(10-14(13)2)23-20-21-11-15(12-22-20)19(25)24-17-6-4-5-7-18(17)26-3/h4-12H,1-3H3,(H,24,25)(H,21,22,23). The van der Waals surface area contributed by atoms with Crippen molar-refractivity contribution < 1.29 is 9.53 Å². The molecule has 6 heteroatoms. The van der Waals surface area contributed by atoms with Crippen molar-refractivity contribution in [3.63, 3.8) is 0 Å². The Hall–Kier alpha value is -3.41. The third-order valence-electron chi connectivity index (χ3n) is 4.03. The van der Waals surface area contributed by atoms with E-state index in [1.165, 1.54) is 23.5 Å². The maximum atomic E-state index is 12.4. The van der Waals surface area contributed by atoms with Crippen LogP contribution in [0.1, 0.15) is 21.5 Å². The van der Waals surface area contributed by atoms with Crippen molar-refractivity contribution >= 4 is 23.2 Å². The zero-order valence-electron chi connectivity index (χ0n) is 14.9. The number of carbonyl (C=O) groups excluding carboxylic acids is 1. The van der Waals surface area contributed by atoms with E-state index in [9.17, 15) is 4.79 Å². The molecule has 0 saturated heterocycles. The number of amides is 1. The number of carbonyl (C=O) groups is 1. The summed E-state index contributed by atoms with van der Waals surface area (Å²) < 4.78 is 5.23. The summed E-state index contributed by atoms with van der Waals surface area (Å²) in [5.74, 6) is 0.726. The summed E-state index contributed by atoms with van der Waals surface area (Å²) in [5, 5.41) is 5.93. The molecule has 2 aromatic carbocycles. The van der Waals surface area contributed by atoms with Gasteiger partial charge in [0.15, 0.2) is 0 Å². The average molecular weight is 348 g/mol. The quantitative estimate of drug-likeness (QED) is 0.726. The van der Waals surface area contributed by atoms with Gasteiger partial charge in [-0.05, 0) is 49.2 Å². The second kappa shape index (κ2) is 7.65. The number of aryl methyl sites for hydroxylation is 2. The Balaban J connectivity index is 1.70. The van der Waals surface area contributed by atoms with Crippen molar-refractivity contribution in [2.75, 3.05) is 17.7 Å². The van der Waals surface area contributed by atoms with Crippen LogP contribution >= 0.6 is 0 Å². The highest BCUT2D eigenvalue weighted by atomic mass is 16.5. The summed E-state index contributed by atoms with van der Waals surface area (Å²) in [6.45, 7) is 4.11. The SMILES string of the molecule is COc1ccccc1NC(=O)c1cnc(Nc2ccc(C)c(C)c2)nc1. The number of aromatic nitrogens is 2. The zero-order chi connectivity index (χ0) is 18.5. The largest absolute Gasteiger partial charge is 0.495 e. The fourth-order valence-electron chi connectivity index (χ4n) is 2.40. The highest BCUT2D eigenvalue weighted by Gasteiger charge is 2.10. The van der Waals surface area contributed by atoms with Gasteiger partial charge in [-0.1, -0.05) is 18.2 Å². The number of rotatable bonds is 5. The smallest absolute Gasteiger partial charge is 0.258 e. The molecule has 1 heterocycles. The van der Waals surface area contributed by atoms with Crippen molar-refractivity contribution in [2.45, 2.75) is 13.8 Å². The van der Waals surface area contributed by atoms with Crippen molar-refractivity contribution in [3.8, 4) is 5.75 Å².